The number of nitrogens with zero attached hydrogens (tertiary/aromatic N) is 2. The SMILES string of the molecule is COc1ccc2c(c1)SCC(NNC1=Nc3ccc(OC)cc3SC1)=N2. The quantitative estimate of drug-likeness (QED) is 0.766. The molecule has 2 aromatic rings. The Morgan fingerprint density at radius 1 is 0.769 bits per heavy atom. The van der Waals surface area contributed by atoms with Crippen molar-refractivity contribution in [1.82, 2.24) is 10.9 Å². The van der Waals surface area contributed by atoms with Gasteiger partial charge in [0, 0.05) is 9.79 Å². The van der Waals surface area contributed by atoms with Crippen molar-refractivity contribution in [2.75, 3.05) is 25.7 Å². The van der Waals surface area contributed by atoms with Gasteiger partial charge in [-0.25, -0.2) is 9.98 Å². The topological polar surface area (TPSA) is 67.2 Å². The maximum Gasteiger partial charge on any atom is 0.131 e. The van der Waals surface area contributed by atoms with Crippen molar-refractivity contribution < 1.29 is 9.47 Å². The average Bonchev–Trinajstić information content (AvgIpc) is 2.71. The molecule has 0 amide bonds. The van der Waals surface area contributed by atoms with Crippen molar-refractivity contribution in [1.29, 1.82) is 0 Å². The van der Waals surface area contributed by atoms with Crippen LogP contribution in [-0.4, -0.2) is 37.4 Å². The molecule has 2 aliphatic rings. The Balaban J connectivity index is 1.44. The van der Waals surface area contributed by atoms with Crippen molar-refractivity contribution >= 4 is 46.6 Å². The van der Waals surface area contributed by atoms with Crippen LogP contribution in [0.25, 0.3) is 0 Å². The first kappa shape index (κ1) is 17.1. The van der Waals surface area contributed by atoms with Crippen molar-refractivity contribution in [2.45, 2.75) is 9.79 Å². The van der Waals surface area contributed by atoms with Gasteiger partial charge in [0.15, 0.2) is 0 Å². The zero-order chi connectivity index (χ0) is 17.9. The average molecular weight is 387 g/mol. The summed E-state index contributed by atoms with van der Waals surface area (Å²) in [5, 5.41) is 0. The monoisotopic (exact) mass is 386 g/mol. The van der Waals surface area contributed by atoms with Crippen LogP contribution in [0.5, 0.6) is 11.5 Å². The molecular weight excluding hydrogens is 368 g/mol. The molecular formula is C18H18N4O2S2. The van der Waals surface area contributed by atoms with Crippen LogP contribution in [0, 0.1) is 0 Å². The summed E-state index contributed by atoms with van der Waals surface area (Å²) in [6, 6.07) is 11.8. The molecule has 8 heteroatoms. The molecule has 0 atom stereocenters. The number of fused-ring (bicyclic) bond motifs is 2. The molecule has 2 aliphatic heterocycles. The highest BCUT2D eigenvalue weighted by atomic mass is 32.2. The number of hydrazine groups is 1. The minimum absolute atomic E-state index is 0.765. The van der Waals surface area contributed by atoms with Gasteiger partial charge in [0.25, 0.3) is 0 Å². The van der Waals surface area contributed by atoms with E-state index in [1.165, 1.54) is 0 Å². The van der Waals surface area contributed by atoms with Gasteiger partial charge in [-0.05, 0) is 36.4 Å². The van der Waals surface area contributed by atoms with E-state index in [9.17, 15) is 0 Å². The van der Waals surface area contributed by atoms with E-state index < -0.39 is 0 Å². The molecule has 6 nitrogen and oxygen atoms in total. The molecule has 0 saturated carbocycles. The molecule has 0 fully saturated rings. The summed E-state index contributed by atoms with van der Waals surface area (Å²) in [5.74, 6) is 4.99. The molecule has 4 rings (SSSR count). The molecule has 0 bridgehead atoms. The van der Waals surface area contributed by atoms with Crippen LogP contribution in [-0.2, 0) is 0 Å². The molecule has 0 unspecified atom stereocenters. The van der Waals surface area contributed by atoms with Crippen molar-refractivity contribution in [3.05, 3.63) is 36.4 Å². The lowest BCUT2D eigenvalue weighted by Crippen LogP contribution is -2.44. The number of amidine groups is 2. The first-order valence-electron chi connectivity index (χ1n) is 8.04. The molecule has 0 radical (unpaired) electrons. The largest absolute Gasteiger partial charge is 0.497 e. The molecule has 2 N–H and O–H groups in total. The molecule has 0 aromatic heterocycles. The summed E-state index contributed by atoms with van der Waals surface area (Å²) in [5.41, 5.74) is 8.28. The highest BCUT2D eigenvalue weighted by molar-refractivity contribution is 8.00. The van der Waals surface area contributed by atoms with Crippen LogP contribution in [0.3, 0.4) is 0 Å². The molecule has 26 heavy (non-hydrogen) atoms. The van der Waals surface area contributed by atoms with Gasteiger partial charge in [-0.15, -0.1) is 23.5 Å². The maximum absolute atomic E-state index is 5.26. The van der Waals surface area contributed by atoms with E-state index in [4.69, 9.17) is 9.47 Å². The first-order valence-corrected chi connectivity index (χ1v) is 10.0. The maximum atomic E-state index is 5.26. The van der Waals surface area contributed by atoms with Gasteiger partial charge in [0.05, 0.1) is 37.1 Å². The fourth-order valence-corrected chi connectivity index (χ4v) is 4.36. The number of ether oxygens (including phenoxy) is 2. The van der Waals surface area contributed by atoms with Crippen molar-refractivity contribution in [2.24, 2.45) is 9.98 Å². The Labute approximate surface area is 160 Å². The smallest absolute Gasteiger partial charge is 0.131 e. The third-order valence-corrected chi connectivity index (χ3v) is 6.04. The summed E-state index contributed by atoms with van der Waals surface area (Å²) in [4.78, 5) is 11.6. The van der Waals surface area contributed by atoms with Gasteiger partial charge in [0.2, 0.25) is 0 Å². The van der Waals surface area contributed by atoms with Crippen LogP contribution < -0.4 is 20.3 Å². The van der Waals surface area contributed by atoms with Crippen LogP contribution in [0.2, 0.25) is 0 Å². The molecule has 2 heterocycles. The Morgan fingerprint density at radius 2 is 1.23 bits per heavy atom. The zero-order valence-corrected chi connectivity index (χ0v) is 16.0. The first-order chi connectivity index (χ1) is 12.7. The number of thioether (sulfide) groups is 2. The van der Waals surface area contributed by atoms with E-state index in [1.807, 2.05) is 36.4 Å². The number of aliphatic imine (C=N–C) groups is 2. The molecule has 0 aliphatic carbocycles. The van der Waals surface area contributed by atoms with Gasteiger partial charge in [-0.2, -0.15) is 0 Å². The van der Waals surface area contributed by atoms with Crippen LogP contribution in [0.1, 0.15) is 0 Å². The summed E-state index contributed by atoms with van der Waals surface area (Å²) < 4.78 is 10.5. The Kier molecular flexibility index (Phi) is 4.94. The number of nitrogens with one attached hydrogen (secondary N) is 2. The Bertz CT molecular complexity index is 825. The molecule has 0 spiro atoms. The van der Waals surface area contributed by atoms with Gasteiger partial charge >= 0.3 is 0 Å². The van der Waals surface area contributed by atoms with Crippen LogP contribution >= 0.6 is 23.5 Å². The van der Waals surface area contributed by atoms with E-state index in [-0.39, 0.29) is 0 Å². The fourth-order valence-electron chi connectivity index (χ4n) is 2.58. The molecule has 2 aromatic carbocycles. The van der Waals surface area contributed by atoms with E-state index in [2.05, 4.69) is 20.8 Å². The van der Waals surface area contributed by atoms with Crippen molar-refractivity contribution in [3.8, 4) is 11.5 Å². The van der Waals surface area contributed by atoms with Gasteiger partial charge < -0.3 is 9.47 Å². The Hall–Kier alpha value is -2.32. The summed E-state index contributed by atoms with van der Waals surface area (Å²) >= 11 is 3.47. The lowest BCUT2D eigenvalue weighted by atomic mass is 10.3. The molecule has 0 saturated heterocycles. The number of hydrogen-bond donors (Lipinski definition) is 2. The third kappa shape index (κ3) is 3.61. The second-order valence-electron chi connectivity index (χ2n) is 5.61. The normalized spacial score (nSPS) is 15.2. The minimum Gasteiger partial charge on any atom is -0.497 e. The lowest BCUT2D eigenvalue weighted by molar-refractivity contribution is 0.413. The lowest BCUT2D eigenvalue weighted by Gasteiger charge is -2.20. The van der Waals surface area contributed by atoms with E-state index in [0.717, 1.165) is 55.8 Å². The predicted molar refractivity (Wildman–Crippen MR) is 108 cm³/mol. The predicted octanol–water partition coefficient (Wildman–Crippen LogP) is 3.77. The van der Waals surface area contributed by atoms with E-state index in [1.54, 1.807) is 37.7 Å². The minimum atomic E-state index is 0.765. The second-order valence-corrected chi connectivity index (χ2v) is 7.65. The number of rotatable bonds is 2. The third-order valence-electron chi connectivity index (χ3n) is 3.92. The van der Waals surface area contributed by atoms with E-state index >= 15 is 0 Å². The molecule has 134 valence electrons. The van der Waals surface area contributed by atoms with Gasteiger partial charge in [-0.3, -0.25) is 10.9 Å². The zero-order valence-electron chi connectivity index (χ0n) is 14.4. The summed E-state index contributed by atoms with van der Waals surface area (Å²) in [6.45, 7) is 0. The summed E-state index contributed by atoms with van der Waals surface area (Å²) in [7, 11) is 3.35. The van der Waals surface area contributed by atoms with E-state index in [0.29, 0.717) is 0 Å². The highest BCUT2D eigenvalue weighted by Crippen LogP contribution is 2.37. The van der Waals surface area contributed by atoms with Crippen LogP contribution in [0.15, 0.2) is 56.2 Å². The second kappa shape index (κ2) is 7.51. The highest BCUT2D eigenvalue weighted by Gasteiger charge is 2.16. The van der Waals surface area contributed by atoms with Gasteiger partial charge in [-0.1, -0.05) is 0 Å². The number of benzene rings is 2. The number of hydrogen-bond acceptors (Lipinski definition) is 8. The summed E-state index contributed by atoms with van der Waals surface area (Å²) in [6.07, 6.45) is 0. The standard InChI is InChI=1S/C18H18N4O2S2/c1-23-11-3-5-13-15(7-11)25-9-17(19-13)21-22-18-10-26-16-8-12(24-2)4-6-14(16)20-18/h3-8H,9-10H2,1-2H3,(H,19,21)(H,20,22). The Morgan fingerprint density at radius 3 is 1.65 bits per heavy atom. The fraction of sp³-hybridized carbons (Fsp3) is 0.222. The van der Waals surface area contributed by atoms with Crippen LogP contribution in [0.4, 0.5) is 11.4 Å². The number of methoxy groups -OCH3 is 2. The van der Waals surface area contributed by atoms with Gasteiger partial charge in [0.1, 0.15) is 23.2 Å². The van der Waals surface area contributed by atoms with Crippen molar-refractivity contribution in [3.63, 3.8) is 0 Å².